The van der Waals surface area contributed by atoms with Crippen LogP contribution < -0.4 is 4.74 Å². The van der Waals surface area contributed by atoms with E-state index in [0.29, 0.717) is 5.92 Å². The predicted octanol–water partition coefficient (Wildman–Crippen LogP) is 5.64. The van der Waals surface area contributed by atoms with Gasteiger partial charge in [0.25, 0.3) is 0 Å². The molecule has 1 aromatic carbocycles. The van der Waals surface area contributed by atoms with Crippen LogP contribution in [0.4, 0.5) is 0 Å². The van der Waals surface area contributed by atoms with E-state index in [-0.39, 0.29) is 11.5 Å². The molecular formula is C24H36O2. The molecule has 1 N–H and O–H groups in total. The predicted molar refractivity (Wildman–Crippen MR) is 107 cm³/mol. The molecule has 4 rings (SSSR count). The topological polar surface area (TPSA) is 29.5 Å². The molecule has 26 heavy (non-hydrogen) atoms. The fraction of sp³-hybridized carbons (Fsp3) is 0.750. The number of aryl methyl sites for hydroxylation is 2. The summed E-state index contributed by atoms with van der Waals surface area (Å²) >= 11 is 0. The van der Waals surface area contributed by atoms with Crippen molar-refractivity contribution >= 4 is 0 Å². The molecule has 0 aromatic heterocycles. The zero-order chi connectivity index (χ0) is 18.3. The van der Waals surface area contributed by atoms with Crippen LogP contribution in [0.1, 0.15) is 88.3 Å². The first kappa shape index (κ1) is 18.3. The first-order valence-electron chi connectivity index (χ1n) is 11.0. The van der Waals surface area contributed by atoms with Crippen molar-refractivity contribution in [2.75, 3.05) is 6.61 Å². The Hall–Kier alpha value is -1.02. The van der Waals surface area contributed by atoms with E-state index in [1.807, 2.05) is 0 Å². The van der Waals surface area contributed by atoms with Gasteiger partial charge in [0.2, 0.25) is 0 Å². The van der Waals surface area contributed by atoms with Crippen LogP contribution >= 0.6 is 0 Å². The highest BCUT2D eigenvalue weighted by Crippen LogP contribution is 2.61. The molecule has 0 bridgehead atoms. The largest absolute Gasteiger partial charge is 0.493 e. The fourth-order valence-corrected chi connectivity index (χ4v) is 6.36. The molecule has 0 saturated heterocycles. The van der Waals surface area contributed by atoms with Crippen molar-refractivity contribution in [3.05, 3.63) is 28.8 Å². The fourth-order valence-electron chi connectivity index (χ4n) is 6.36. The van der Waals surface area contributed by atoms with Crippen LogP contribution in [0.2, 0.25) is 0 Å². The second kappa shape index (κ2) is 7.19. The van der Waals surface area contributed by atoms with Gasteiger partial charge in [0, 0.05) is 0 Å². The smallest absolute Gasteiger partial charge is 0.122 e. The third kappa shape index (κ3) is 2.89. The number of benzene rings is 1. The Morgan fingerprint density at radius 2 is 2.00 bits per heavy atom. The molecule has 3 aliphatic carbocycles. The summed E-state index contributed by atoms with van der Waals surface area (Å²) in [4.78, 5) is 0. The van der Waals surface area contributed by atoms with Crippen molar-refractivity contribution in [1.82, 2.24) is 0 Å². The SMILES string of the molecule is CCCCOc1cc2c(cc1CC)C1CC[C@@]3(C)C(CC[C@@H]3O)C1CC2. The molecule has 2 fully saturated rings. The van der Waals surface area contributed by atoms with Gasteiger partial charge < -0.3 is 9.84 Å². The first-order valence-corrected chi connectivity index (χ1v) is 11.0. The van der Waals surface area contributed by atoms with Gasteiger partial charge in [-0.25, -0.2) is 0 Å². The Morgan fingerprint density at radius 1 is 1.15 bits per heavy atom. The molecule has 5 atom stereocenters. The number of fused-ring (bicyclic) bond motifs is 5. The van der Waals surface area contributed by atoms with Crippen LogP contribution in [0, 0.1) is 17.3 Å². The lowest BCUT2D eigenvalue weighted by atomic mass is 9.55. The van der Waals surface area contributed by atoms with Crippen molar-refractivity contribution in [3.8, 4) is 5.75 Å². The van der Waals surface area contributed by atoms with Crippen LogP contribution in [0.15, 0.2) is 12.1 Å². The summed E-state index contributed by atoms with van der Waals surface area (Å²) in [6.07, 6.45) is 10.5. The Morgan fingerprint density at radius 3 is 2.77 bits per heavy atom. The molecular weight excluding hydrogens is 320 g/mol. The Kier molecular flexibility index (Phi) is 5.07. The molecule has 3 unspecified atom stereocenters. The van der Waals surface area contributed by atoms with E-state index in [1.165, 1.54) is 49.7 Å². The zero-order valence-electron chi connectivity index (χ0n) is 16.9. The van der Waals surface area contributed by atoms with E-state index in [2.05, 4.69) is 32.9 Å². The lowest BCUT2D eigenvalue weighted by molar-refractivity contribution is -0.0226. The number of aliphatic hydroxyl groups excluding tert-OH is 1. The lowest BCUT2D eigenvalue weighted by Gasteiger charge is -2.50. The molecule has 3 aliphatic rings. The molecule has 2 nitrogen and oxygen atoms in total. The van der Waals surface area contributed by atoms with Gasteiger partial charge >= 0.3 is 0 Å². The average molecular weight is 357 g/mol. The second-order valence-electron chi connectivity index (χ2n) is 9.27. The number of rotatable bonds is 5. The van der Waals surface area contributed by atoms with Gasteiger partial charge in [0.15, 0.2) is 0 Å². The van der Waals surface area contributed by atoms with Crippen LogP contribution in [0.3, 0.4) is 0 Å². The summed E-state index contributed by atoms with van der Waals surface area (Å²) in [5.41, 5.74) is 4.72. The van der Waals surface area contributed by atoms with Gasteiger partial charge in [-0.05, 0) is 97.3 Å². The molecule has 0 radical (unpaired) electrons. The standard InChI is InChI=1S/C24H36O2/c1-4-6-13-26-22-15-17-7-8-19-18(20(17)14-16(22)5-2)11-12-24(3)21(19)9-10-23(24)25/h14-15,18-19,21,23,25H,4-13H2,1-3H3/t18?,19?,21?,23-,24-/m0/s1. The number of ether oxygens (including phenoxy) is 1. The number of unbranched alkanes of at least 4 members (excludes halogenated alkanes) is 1. The summed E-state index contributed by atoms with van der Waals surface area (Å²) < 4.78 is 6.14. The van der Waals surface area contributed by atoms with E-state index >= 15 is 0 Å². The summed E-state index contributed by atoms with van der Waals surface area (Å²) in [5, 5.41) is 10.6. The Labute approximate surface area is 159 Å². The minimum absolute atomic E-state index is 0.0737. The van der Waals surface area contributed by atoms with Crippen molar-refractivity contribution in [2.45, 2.75) is 90.6 Å². The van der Waals surface area contributed by atoms with Gasteiger partial charge in [-0.3, -0.25) is 0 Å². The minimum atomic E-state index is -0.0737. The third-order valence-electron chi connectivity index (χ3n) is 7.99. The highest BCUT2D eigenvalue weighted by molar-refractivity contribution is 5.46. The van der Waals surface area contributed by atoms with Gasteiger partial charge in [0.1, 0.15) is 5.75 Å². The van der Waals surface area contributed by atoms with Gasteiger partial charge in [-0.1, -0.05) is 33.3 Å². The molecule has 2 saturated carbocycles. The monoisotopic (exact) mass is 356 g/mol. The third-order valence-corrected chi connectivity index (χ3v) is 7.99. The maximum absolute atomic E-state index is 10.6. The summed E-state index contributed by atoms with van der Waals surface area (Å²) in [5.74, 6) is 3.33. The average Bonchev–Trinajstić information content (AvgIpc) is 2.96. The first-order chi connectivity index (χ1) is 12.6. The van der Waals surface area contributed by atoms with Crippen LogP contribution in [-0.2, 0) is 12.8 Å². The molecule has 144 valence electrons. The van der Waals surface area contributed by atoms with Crippen molar-refractivity contribution in [2.24, 2.45) is 17.3 Å². The normalized spacial score (nSPS) is 35.5. The maximum Gasteiger partial charge on any atom is 0.122 e. The number of hydrogen-bond acceptors (Lipinski definition) is 2. The Bertz CT molecular complexity index is 652. The van der Waals surface area contributed by atoms with Crippen molar-refractivity contribution in [1.29, 1.82) is 0 Å². The number of aliphatic hydroxyl groups is 1. The second-order valence-corrected chi connectivity index (χ2v) is 9.27. The van der Waals surface area contributed by atoms with Crippen molar-refractivity contribution in [3.63, 3.8) is 0 Å². The summed E-state index contributed by atoms with van der Waals surface area (Å²) in [6, 6.07) is 4.86. The zero-order valence-corrected chi connectivity index (χ0v) is 16.9. The molecule has 0 aliphatic heterocycles. The quantitative estimate of drug-likeness (QED) is 0.691. The van der Waals surface area contributed by atoms with Gasteiger partial charge in [-0.15, -0.1) is 0 Å². The van der Waals surface area contributed by atoms with Gasteiger partial charge in [0.05, 0.1) is 12.7 Å². The molecule has 0 amide bonds. The van der Waals surface area contributed by atoms with Crippen LogP contribution in [-0.4, -0.2) is 17.8 Å². The van der Waals surface area contributed by atoms with E-state index in [1.54, 1.807) is 5.56 Å². The highest BCUT2D eigenvalue weighted by Gasteiger charge is 2.54. The van der Waals surface area contributed by atoms with Crippen LogP contribution in [0.5, 0.6) is 5.75 Å². The van der Waals surface area contributed by atoms with Gasteiger partial charge in [-0.2, -0.15) is 0 Å². The van der Waals surface area contributed by atoms with E-state index in [0.717, 1.165) is 43.5 Å². The summed E-state index contributed by atoms with van der Waals surface area (Å²) in [7, 11) is 0. The lowest BCUT2D eigenvalue weighted by Crippen LogP contribution is -2.43. The van der Waals surface area contributed by atoms with Crippen molar-refractivity contribution < 1.29 is 9.84 Å². The minimum Gasteiger partial charge on any atom is -0.493 e. The summed E-state index contributed by atoms with van der Waals surface area (Å²) in [6.45, 7) is 7.67. The molecule has 1 aromatic rings. The molecule has 0 spiro atoms. The van der Waals surface area contributed by atoms with E-state index in [4.69, 9.17) is 4.74 Å². The molecule has 0 heterocycles. The Balaban J connectivity index is 1.62. The van der Waals surface area contributed by atoms with E-state index < -0.39 is 0 Å². The maximum atomic E-state index is 10.6. The highest BCUT2D eigenvalue weighted by atomic mass is 16.5. The molecule has 2 heteroatoms. The van der Waals surface area contributed by atoms with Crippen LogP contribution in [0.25, 0.3) is 0 Å². The van der Waals surface area contributed by atoms with E-state index in [9.17, 15) is 5.11 Å². The number of hydrogen-bond donors (Lipinski definition) is 1.